The minimum Gasteiger partial charge on any atom is -0.308 e. The van der Waals surface area contributed by atoms with E-state index in [1.54, 1.807) is 17.4 Å². The van der Waals surface area contributed by atoms with Crippen LogP contribution < -0.4 is 4.90 Å². The molecule has 1 aromatic carbocycles. The zero-order valence-corrected chi connectivity index (χ0v) is 10.7. The van der Waals surface area contributed by atoms with Gasteiger partial charge in [0, 0.05) is 23.2 Å². The Bertz CT molecular complexity index is 586. The zero-order chi connectivity index (χ0) is 12.4. The number of hydrogen-bond donors (Lipinski definition) is 0. The molecule has 1 aromatic heterocycles. The van der Waals surface area contributed by atoms with Gasteiger partial charge >= 0.3 is 0 Å². The number of para-hydroxylation sites is 1. The van der Waals surface area contributed by atoms with E-state index in [-0.39, 0.29) is 5.91 Å². The van der Waals surface area contributed by atoms with E-state index in [2.05, 4.69) is 6.07 Å². The molecule has 0 atom stereocenters. The Balaban J connectivity index is 1.79. The van der Waals surface area contributed by atoms with Crippen LogP contribution in [0.3, 0.4) is 0 Å². The molecule has 0 aliphatic carbocycles. The maximum Gasteiger partial charge on any atom is 0.251 e. The van der Waals surface area contributed by atoms with Crippen LogP contribution in [0.5, 0.6) is 0 Å². The molecule has 0 radical (unpaired) electrons. The number of hydrogen-bond acceptors (Lipinski definition) is 2. The van der Waals surface area contributed by atoms with Gasteiger partial charge in [-0.05, 0) is 35.6 Å². The summed E-state index contributed by atoms with van der Waals surface area (Å²) in [6, 6.07) is 12.1. The Morgan fingerprint density at radius 2 is 2.11 bits per heavy atom. The molecule has 18 heavy (non-hydrogen) atoms. The second-order valence-electron chi connectivity index (χ2n) is 4.22. The van der Waals surface area contributed by atoms with Crippen LogP contribution in [0.2, 0.25) is 0 Å². The first-order valence-corrected chi connectivity index (χ1v) is 6.83. The van der Waals surface area contributed by atoms with Gasteiger partial charge in [-0.1, -0.05) is 24.3 Å². The lowest BCUT2D eigenvalue weighted by Crippen LogP contribution is -2.26. The van der Waals surface area contributed by atoms with Gasteiger partial charge in [-0.15, -0.1) is 11.3 Å². The van der Waals surface area contributed by atoms with Crippen molar-refractivity contribution in [2.75, 3.05) is 11.4 Å². The lowest BCUT2D eigenvalue weighted by atomic mass is 10.2. The van der Waals surface area contributed by atoms with Crippen molar-refractivity contribution < 1.29 is 4.79 Å². The molecular weight excluding hydrogens is 242 g/mol. The van der Waals surface area contributed by atoms with Crippen LogP contribution in [0.1, 0.15) is 10.4 Å². The fourth-order valence-electron chi connectivity index (χ4n) is 2.20. The maximum absolute atomic E-state index is 12.1. The lowest BCUT2D eigenvalue weighted by Gasteiger charge is -2.14. The summed E-state index contributed by atoms with van der Waals surface area (Å²) in [5, 5.41) is 2.01. The third kappa shape index (κ3) is 2.09. The normalized spacial score (nSPS) is 14.1. The van der Waals surface area contributed by atoms with Gasteiger partial charge in [-0.3, -0.25) is 4.79 Å². The molecule has 0 saturated carbocycles. The third-order valence-electron chi connectivity index (χ3n) is 3.09. The zero-order valence-electron chi connectivity index (χ0n) is 9.87. The molecule has 0 bridgehead atoms. The van der Waals surface area contributed by atoms with Crippen LogP contribution in [0.4, 0.5) is 5.69 Å². The van der Waals surface area contributed by atoms with Crippen LogP contribution in [0.25, 0.3) is 6.08 Å². The highest BCUT2D eigenvalue weighted by atomic mass is 32.1. The predicted molar refractivity (Wildman–Crippen MR) is 75.9 cm³/mol. The number of carbonyl (C=O) groups excluding carboxylic acids is 1. The van der Waals surface area contributed by atoms with Crippen molar-refractivity contribution in [3.63, 3.8) is 0 Å². The second kappa shape index (κ2) is 4.78. The Morgan fingerprint density at radius 3 is 2.94 bits per heavy atom. The summed E-state index contributed by atoms with van der Waals surface area (Å²) in [6.07, 6.45) is 4.50. The number of anilines is 1. The molecule has 3 rings (SSSR count). The number of carbonyl (C=O) groups is 1. The first-order valence-electron chi connectivity index (χ1n) is 5.95. The van der Waals surface area contributed by atoms with Crippen molar-refractivity contribution in [2.45, 2.75) is 6.42 Å². The Hall–Kier alpha value is -1.87. The van der Waals surface area contributed by atoms with Crippen molar-refractivity contribution in [1.82, 2.24) is 0 Å². The third-order valence-corrected chi connectivity index (χ3v) is 3.92. The van der Waals surface area contributed by atoms with Gasteiger partial charge in [0.1, 0.15) is 0 Å². The van der Waals surface area contributed by atoms with Crippen LogP contribution in [-0.2, 0) is 11.2 Å². The predicted octanol–water partition coefficient (Wildman–Crippen LogP) is 3.35. The van der Waals surface area contributed by atoms with Crippen molar-refractivity contribution >= 4 is 29.0 Å². The number of benzene rings is 1. The SMILES string of the molecule is O=C(C=Cc1cccs1)N1CCc2ccccc21. The van der Waals surface area contributed by atoms with E-state index >= 15 is 0 Å². The lowest BCUT2D eigenvalue weighted by molar-refractivity contribution is -0.114. The molecular formula is C15H13NOS. The molecule has 0 saturated heterocycles. The quantitative estimate of drug-likeness (QED) is 0.754. The summed E-state index contributed by atoms with van der Waals surface area (Å²) in [5.74, 6) is 0.0633. The van der Waals surface area contributed by atoms with Crippen LogP contribution in [0.15, 0.2) is 47.9 Å². The van der Waals surface area contributed by atoms with Gasteiger partial charge in [-0.25, -0.2) is 0 Å². The van der Waals surface area contributed by atoms with Gasteiger partial charge in [0.2, 0.25) is 0 Å². The average Bonchev–Trinajstić information content (AvgIpc) is 3.05. The van der Waals surface area contributed by atoms with Crippen LogP contribution >= 0.6 is 11.3 Å². The summed E-state index contributed by atoms with van der Waals surface area (Å²) in [7, 11) is 0. The first kappa shape index (κ1) is 11.2. The van der Waals surface area contributed by atoms with Crippen molar-refractivity contribution in [2.24, 2.45) is 0 Å². The summed E-state index contributed by atoms with van der Waals surface area (Å²) < 4.78 is 0. The van der Waals surface area contributed by atoms with Crippen molar-refractivity contribution in [3.05, 3.63) is 58.3 Å². The Labute approximate surface area is 110 Å². The summed E-state index contributed by atoms with van der Waals surface area (Å²) in [6.45, 7) is 0.785. The number of rotatable bonds is 2. The van der Waals surface area contributed by atoms with Gasteiger partial charge in [0.15, 0.2) is 0 Å². The van der Waals surface area contributed by atoms with E-state index in [4.69, 9.17) is 0 Å². The summed E-state index contributed by atoms with van der Waals surface area (Å²) in [4.78, 5) is 15.1. The standard InChI is InChI=1S/C15H13NOS/c17-15(8-7-13-5-3-11-18-13)16-10-9-12-4-1-2-6-14(12)16/h1-8,11H,9-10H2. The molecule has 0 fully saturated rings. The number of fused-ring (bicyclic) bond motifs is 1. The molecule has 0 N–H and O–H groups in total. The van der Waals surface area contributed by atoms with E-state index < -0.39 is 0 Å². The van der Waals surface area contributed by atoms with E-state index in [0.717, 1.165) is 23.5 Å². The molecule has 0 spiro atoms. The molecule has 1 amide bonds. The first-order chi connectivity index (χ1) is 8.84. The van der Waals surface area contributed by atoms with Gasteiger partial charge in [-0.2, -0.15) is 0 Å². The fourth-order valence-corrected chi connectivity index (χ4v) is 2.81. The smallest absolute Gasteiger partial charge is 0.251 e. The topological polar surface area (TPSA) is 20.3 Å². The minimum absolute atomic E-state index is 0.0633. The van der Waals surface area contributed by atoms with Crippen LogP contribution in [0, 0.1) is 0 Å². The Kier molecular flexibility index (Phi) is 2.99. The molecule has 1 aliphatic heterocycles. The second-order valence-corrected chi connectivity index (χ2v) is 5.20. The van der Waals surface area contributed by atoms with Gasteiger partial charge < -0.3 is 4.90 Å². The highest BCUT2D eigenvalue weighted by Gasteiger charge is 2.22. The van der Waals surface area contributed by atoms with Crippen molar-refractivity contribution in [1.29, 1.82) is 0 Å². The van der Waals surface area contributed by atoms with Gasteiger partial charge in [0.05, 0.1) is 0 Å². The fraction of sp³-hybridized carbons (Fsp3) is 0.133. The van der Waals surface area contributed by atoms with E-state index in [9.17, 15) is 4.79 Å². The van der Waals surface area contributed by atoms with Crippen LogP contribution in [-0.4, -0.2) is 12.5 Å². The average molecular weight is 255 g/mol. The number of thiophene rings is 1. The molecule has 0 unspecified atom stereocenters. The molecule has 2 nitrogen and oxygen atoms in total. The Morgan fingerprint density at radius 1 is 1.22 bits per heavy atom. The summed E-state index contributed by atoms with van der Waals surface area (Å²) in [5.41, 5.74) is 2.31. The highest BCUT2D eigenvalue weighted by Crippen LogP contribution is 2.27. The van der Waals surface area contributed by atoms with E-state index in [1.807, 2.05) is 46.7 Å². The molecule has 2 aromatic rings. The highest BCUT2D eigenvalue weighted by molar-refractivity contribution is 7.10. The number of nitrogens with zero attached hydrogens (tertiary/aromatic N) is 1. The molecule has 2 heterocycles. The number of amides is 1. The molecule has 90 valence electrons. The monoisotopic (exact) mass is 255 g/mol. The summed E-state index contributed by atoms with van der Waals surface area (Å²) >= 11 is 1.64. The van der Waals surface area contributed by atoms with E-state index in [1.165, 1.54) is 5.56 Å². The molecule has 1 aliphatic rings. The molecule has 3 heteroatoms. The minimum atomic E-state index is 0.0633. The largest absolute Gasteiger partial charge is 0.308 e. The van der Waals surface area contributed by atoms with E-state index in [0.29, 0.717) is 0 Å². The van der Waals surface area contributed by atoms with Gasteiger partial charge in [0.25, 0.3) is 5.91 Å². The maximum atomic E-state index is 12.1. The van der Waals surface area contributed by atoms with Crippen molar-refractivity contribution in [3.8, 4) is 0 Å².